The number of benzene rings is 2. The van der Waals surface area contributed by atoms with E-state index in [0.29, 0.717) is 17.0 Å². The van der Waals surface area contributed by atoms with Crippen LogP contribution in [-0.2, 0) is 6.42 Å². The highest BCUT2D eigenvalue weighted by atomic mass is 19.1. The van der Waals surface area contributed by atoms with Crippen LogP contribution in [0.1, 0.15) is 42.7 Å². The molecule has 0 radical (unpaired) electrons. The number of halogens is 1. The number of nitrogens with zero attached hydrogens (tertiary/aromatic N) is 2. The van der Waals surface area contributed by atoms with Crippen LogP contribution in [-0.4, -0.2) is 15.5 Å². The van der Waals surface area contributed by atoms with E-state index in [1.54, 1.807) is 12.1 Å². The zero-order chi connectivity index (χ0) is 19.6. The number of aromatic nitrogens is 2. The standard InChI is InChI=1S/C22H24FN3O/c1-5-6-20-21(16(4)24-19-12-7-14(2)13-15(19)3)22(27)26(25-20)18-10-8-17(23)9-11-18/h7-13,25H,5-6H2,1-4H3. The third-order valence-electron chi connectivity index (χ3n) is 4.55. The number of aryl methyl sites for hydroxylation is 3. The van der Waals surface area contributed by atoms with Crippen molar-refractivity contribution in [3.05, 3.63) is 81.0 Å². The highest BCUT2D eigenvalue weighted by molar-refractivity contribution is 6.01. The van der Waals surface area contributed by atoms with E-state index < -0.39 is 0 Å². The van der Waals surface area contributed by atoms with Gasteiger partial charge in [-0.3, -0.25) is 14.9 Å². The highest BCUT2D eigenvalue weighted by Gasteiger charge is 2.17. The van der Waals surface area contributed by atoms with Gasteiger partial charge in [-0.2, -0.15) is 0 Å². The van der Waals surface area contributed by atoms with E-state index in [-0.39, 0.29) is 11.4 Å². The molecular weight excluding hydrogens is 341 g/mol. The van der Waals surface area contributed by atoms with Crippen LogP contribution in [0, 0.1) is 19.7 Å². The number of rotatable bonds is 5. The Labute approximate surface area is 158 Å². The molecule has 0 unspecified atom stereocenters. The van der Waals surface area contributed by atoms with E-state index in [2.05, 4.69) is 18.1 Å². The molecule has 0 spiro atoms. The van der Waals surface area contributed by atoms with Crippen molar-refractivity contribution in [2.75, 3.05) is 0 Å². The van der Waals surface area contributed by atoms with Gasteiger partial charge >= 0.3 is 0 Å². The summed E-state index contributed by atoms with van der Waals surface area (Å²) in [7, 11) is 0. The van der Waals surface area contributed by atoms with Gasteiger partial charge < -0.3 is 0 Å². The van der Waals surface area contributed by atoms with Crippen molar-refractivity contribution in [2.24, 2.45) is 4.99 Å². The minimum Gasteiger partial charge on any atom is -0.294 e. The summed E-state index contributed by atoms with van der Waals surface area (Å²) in [5, 5.41) is 3.18. The molecular formula is C22H24FN3O. The first-order valence-corrected chi connectivity index (χ1v) is 9.13. The van der Waals surface area contributed by atoms with Gasteiger partial charge in [-0.1, -0.05) is 31.0 Å². The van der Waals surface area contributed by atoms with Crippen LogP contribution in [0.15, 0.2) is 52.3 Å². The summed E-state index contributed by atoms with van der Waals surface area (Å²) >= 11 is 0. The van der Waals surface area contributed by atoms with Gasteiger partial charge in [0.2, 0.25) is 0 Å². The Morgan fingerprint density at radius 1 is 1.15 bits per heavy atom. The van der Waals surface area contributed by atoms with Gasteiger partial charge in [-0.15, -0.1) is 0 Å². The quantitative estimate of drug-likeness (QED) is 0.635. The van der Waals surface area contributed by atoms with Crippen LogP contribution in [0.3, 0.4) is 0 Å². The molecule has 0 fully saturated rings. The van der Waals surface area contributed by atoms with Crippen molar-refractivity contribution in [2.45, 2.75) is 40.5 Å². The van der Waals surface area contributed by atoms with Gasteiger partial charge in [-0.25, -0.2) is 9.07 Å². The van der Waals surface area contributed by atoms with Crippen LogP contribution < -0.4 is 5.56 Å². The molecule has 1 N–H and O–H groups in total. The van der Waals surface area contributed by atoms with Crippen LogP contribution in [0.4, 0.5) is 10.1 Å². The molecule has 0 saturated carbocycles. The maximum absolute atomic E-state index is 13.2. The zero-order valence-corrected chi connectivity index (χ0v) is 16.1. The minimum absolute atomic E-state index is 0.170. The normalized spacial score (nSPS) is 11.8. The monoisotopic (exact) mass is 365 g/mol. The van der Waals surface area contributed by atoms with Crippen LogP contribution in [0.5, 0.6) is 0 Å². The molecule has 0 aliphatic rings. The second kappa shape index (κ2) is 7.74. The second-order valence-electron chi connectivity index (χ2n) is 6.82. The predicted octanol–water partition coefficient (Wildman–Crippen LogP) is 5.01. The fourth-order valence-corrected chi connectivity index (χ4v) is 3.23. The average molecular weight is 365 g/mol. The lowest BCUT2D eigenvalue weighted by molar-refractivity contribution is 0.626. The van der Waals surface area contributed by atoms with Crippen LogP contribution >= 0.6 is 0 Å². The predicted molar refractivity (Wildman–Crippen MR) is 108 cm³/mol. The van der Waals surface area contributed by atoms with Crippen molar-refractivity contribution >= 4 is 11.4 Å². The lowest BCUT2D eigenvalue weighted by Crippen LogP contribution is -2.19. The van der Waals surface area contributed by atoms with E-state index in [1.165, 1.54) is 22.4 Å². The van der Waals surface area contributed by atoms with Crippen LogP contribution in [0.2, 0.25) is 0 Å². The van der Waals surface area contributed by atoms with Crippen molar-refractivity contribution in [3.63, 3.8) is 0 Å². The summed E-state index contributed by atoms with van der Waals surface area (Å²) in [5.74, 6) is -0.333. The maximum atomic E-state index is 13.2. The summed E-state index contributed by atoms with van der Waals surface area (Å²) in [4.78, 5) is 17.8. The Balaban J connectivity index is 2.12. The number of H-pyrrole nitrogens is 1. The molecule has 2 aromatic carbocycles. The number of hydrogen-bond donors (Lipinski definition) is 1. The molecule has 1 heterocycles. The zero-order valence-electron chi connectivity index (χ0n) is 16.1. The Morgan fingerprint density at radius 3 is 2.48 bits per heavy atom. The van der Waals surface area contributed by atoms with E-state index in [4.69, 9.17) is 4.99 Å². The summed E-state index contributed by atoms with van der Waals surface area (Å²) in [6.07, 6.45) is 1.63. The van der Waals surface area contributed by atoms with Crippen molar-refractivity contribution in [3.8, 4) is 5.69 Å². The first kappa shape index (κ1) is 18.8. The Bertz CT molecular complexity index is 1040. The summed E-state index contributed by atoms with van der Waals surface area (Å²) in [5.41, 5.74) is 5.64. The lowest BCUT2D eigenvalue weighted by atomic mass is 10.1. The molecule has 27 heavy (non-hydrogen) atoms. The summed E-state index contributed by atoms with van der Waals surface area (Å²) in [6, 6.07) is 11.9. The Hall–Kier alpha value is -2.95. The minimum atomic E-state index is -0.333. The third-order valence-corrected chi connectivity index (χ3v) is 4.55. The highest BCUT2D eigenvalue weighted by Crippen LogP contribution is 2.21. The molecule has 0 aliphatic heterocycles. The molecule has 0 atom stereocenters. The van der Waals surface area contributed by atoms with Gasteiger partial charge in [0.1, 0.15) is 5.82 Å². The van der Waals surface area contributed by atoms with Gasteiger partial charge in [0.25, 0.3) is 5.56 Å². The summed E-state index contributed by atoms with van der Waals surface area (Å²) in [6.45, 7) is 7.98. The smallest absolute Gasteiger partial charge is 0.280 e. The number of nitrogens with one attached hydrogen (secondary N) is 1. The first-order valence-electron chi connectivity index (χ1n) is 9.13. The van der Waals surface area contributed by atoms with Crippen molar-refractivity contribution in [1.29, 1.82) is 0 Å². The summed E-state index contributed by atoms with van der Waals surface area (Å²) < 4.78 is 14.7. The number of hydrogen-bond acceptors (Lipinski definition) is 2. The molecule has 5 heteroatoms. The second-order valence-corrected chi connectivity index (χ2v) is 6.82. The molecule has 3 rings (SSSR count). The molecule has 3 aromatic rings. The van der Waals surface area contributed by atoms with Crippen molar-refractivity contribution in [1.82, 2.24) is 9.78 Å². The molecule has 4 nitrogen and oxygen atoms in total. The molecule has 0 saturated heterocycles. The van der Waals surface area contributed by atoms with E-state index in [1.807, 2.05) is 32.9 Å². The Kier molecular flexibility index (Phi) is 5.40. The molecule has 0 bridgehead atoms. The number of aliphatic imine (C=N–C) groups is 1. The maximum Gasteiger partial charge on any atom is 0.280 e. The van der Waals surface area contributed by atoms with E-state index in [9.17, 15) is 9.18 Å². The molecule has 140 valence electrons. The lowest BCUT2D eigenvalue weighted by Gasteiger charge is -2.04. The number of aromatic amines is 1. The SMILES string of the molecule is CCCc1[nH]n(-c2ccc(F)cc2)c(=O)c1C(C)=Nc1ccc(C)cc1C. The van der Waals surface area contributed by atoms with Gasteiger partial charge in [-0.05, 0) is 63.1 Å². The first-order chi connectivity index (χ1) is 12.9. The topological polar surface area (TPSA) is 50.1 Å². The van der Waals surface area contributed by atoms with Gasteiger partial charge in [0.05, 0.1) is 22.6 Å². The van der Waals surface area contributed by atoms with E-state index >= 15 is 0 Å². The van der Waals surface area contributed by atoms with E-state index in [0.717, 1.165) is 29.8 Å². The van der Waals surface area contributed by atoms with Gasteiger partial charge in [0.15, 0.2) is 0 Å². The van der Waals surface area contributed by atoms with Crippen LogP contribution in [0.25, 0.3) is 5.69 Å². The fourth-order valence-electron chi connectivity index (χ4n) is 3.23. The fraction of sp³-hybridized carbons (Fsp3) is 0.273. The Morgan fingerprint density at radius 2 is 1.85 bits per heavy atom. The van der Waals surface area contributed by atoms with Crippen molar-refractivity contribution < 1.29 is 4.39 Å². The average Bonchev–Trinajstić information content (AvgIpc) is 2.95. The van der Waals surface area contributed by atoms with Gasteiger partial charge in [0, 0.05) is 5.69 Å². The molecule has 1 aromatic heterocycles. The molecule has 0 aliphatic carbocycles. The molecule has 0 amide bonds. The third kappa shape index (κ3) is 3.92. The largest absolute Gasteiger partial charge is 0.294 e.